The summed E-state index contributed by atoms with van der Waals surface area (Å²) in [6.45, 7) is 5.22. The Bertz CT molecular complexity index is 994. The molecule has 1 unspecified atom stereocenters. The molecule has 1 N–H and O–H groups in total. The van der Waals surface area contributed by atoms with Crippen molar-refractivity contribution >= 4 is 28.9 Å². The van der Waals surface area contributed by atoms with Crippen molar-refractivity contribution in [1.29, 1.82) is 0 Å². The molecule has 1 aromatic carbocycles. The van der Waals surface area contributed by atoms with Gasteiger partial charge in [-0.1, -0.05) is 30.3 Å². The minimum absolute atomic E-state index is 0.0197. The first-order valence-electron chi connectivity index (χ1n) is 8.85. The Morgan fingerprint density at radius 2 is 1.96 bits per heavy atom. The Morgan fingerprint density at radius 3 is 2.61 bits per heavy atom. The number of hydrogen-bond acceptors (Lipinski definition) is 6. The van der Waals surface area contributed by atoms with Crippen LogP contribution in [0.1, 0.15) is 24.0 Å². The fraction of sp³-hybridized carbons (Fsp3) is 0.300. The average molecular weight is 398 g/mol. The fourth-order valence-corrected chi connectivity index (χ4v) is 3.55. The third-order valence-electron chi connectivity index (χ3n) is 4.33. The molecule has 0 aliphatic heterocycles. The molecule has 3 aromatic rings. The molecule has 0 saturated carbocycles. The number of rotatable bonds is 6. The SMILES string of the molecule is Cc1nn(C)c(C)c1NC(=O)C(C)OC(=O)Cc1csc(-c2ccccc2)n1. The van der Waals surface area contributed by atoms with Crippen LogP contribution in [-0.2, 0) is 27.8 Å². The Kier molecular flexibility index (Phi) is 5.89. The van der Waals surface area contributed by atoms with E-state index < -0.39 is 18.0 Å². The number of thiazole rings is 1. The van der Waals surface area contributed by atoms with E-state index in [0.717, 1.165) is 16.3 Å². The minimum Gasteiger partial charge on any atom is -0.452 e. The van der Waals surface area contributed by atoms with Crippen molar-refractivity contribution in [1.82, 2.24) is 14.8 Å². The number of amides is 1. The quantitative estimate of drug-likeness (QED) is 0.644. The van der Waals surface area contributed by atoms with Crippen LogP contribution in [0.5, 0.6) is 0 Å². The maximum absolute atomic E-state index is 12.4. The van der Waals surface area contributed by atoms with Gasteiger partial charge in [0.2, 0.25) is 0 Å². The number of nitrogens with one attached hydrogen (secondary N) is 1. The molecule has 2 heterocycles. The molecule has 0 aliphatic rings. The van der Waals surface area contributed by atoms with E-state index in [2.05, 4.69) is 15.4 Å². The van der Waals surface area contributed by atoms with Gasteiger partial charge in [0.1, 0.15) is 5.01 Å². The van der Waals surface area contributed by atoms with Gasteiger partial charge in [0.05, 0.1) is 29.2 Å². The first-order chi connectivity index (χ1) is 13.3. The third kappa shape index (κ3) is 4.45. The van der Waals surface area contributed by atoms with Gasteiger partial charge < -0.3 is 10.1 Å². The highest BCUT2D eigenvalue weighted by atomic mass is 32.1. The lowest BCUT2D eigenvalue weighted by molar-refractivity contribution is -0.152. The van der Waals surface area contributed by atoms with Gasteiger partial charge in [0.25, 0.3) is 5.91 Å². The smallest absolute Gasteiger partial charge is 0.312 e. The number of esters is 1. The summed E-state index contributed by atoms with van der Waals surface area (Å²) in [5.74, 6) is -0.886. The Labute approximate surface area is 167 Å². The van der Waals surface area contributed by atoms with Crippen LogP contribution in [0.3, 0.4) is 0 Å². The zero-order valence-electron chi connectivity index (χ0n) is 16.2. The molecule has 0 spiro atoms. The van der Waals surface area contributed by atoms with Crippen LogP contribution in [0.2, 0.25) is 0 Å². The van der Waals surface area contributed by atoms with Gasteiger partial charge in [-0.25, -0.2) is 4.98 Å². The molecule has 3 rings (SSSR count). The molecule has 0 bridgehead atoms. The van der Waals surface area contributed by atoms with E-state index in [-0.39, 0.29) is 6.42 Å². The molecule has 0 radical (unpaired) electrons. The molecular formula is C20H22N4O3S. The molecule has 28 heavy (non-hydrogen) atoms. The van der Waals surface area contributed by atoms with Crippen molar-refractivity contribution < 1.29 is 14.3 Å². The average Bonchev–Trinajstić information content (AvgIpc) is 3.22. The van der Waals surface area contributed by atoms with Crippen molar-refractivity contribution in [3.05, 3.63) is 52.8 Å². The van der Waals surface area contributed by atoms with E-state index in [4.69, 9.17) is 4.74 Å². The summed E-state index contributed by atoms with van der Waals surface area (Å²) in [6.07, 6.45) is -0.898. The predicted octanol–water partition coefficient (Wildman–Crippen LogP) is 3.27. The monoisotopic (exact) mass is 398 g/mol. The third-order valence-corrected chi connectivity index (χ3v) is 5.27. The topological polar surface area (TPSA) is 86.1 Å². The zero-order valence-corrected chi connectivity index (χ0v) is 17.0. The first-order valence-corrected chi connectivity index (χ1v) is 9.73. The summed E-state index contributed by atoms with van der Waals surface area (Å²) in [5, 5.41) is 9.71. The van der Waals surface area contributed by atoms with Crippen LogP contribution < -0.4 is 5.32 Å². The van der Waals surface area contributed by atoms with E-state index in [1.165, 1.54) is 11.3 Å². The highest BCUT2D eigenvalue weighted by Gasteiger charge is 2.21. The molecule has 0 fully saturated rings. The number of aromatic nitrogens is 3. The maximum Gasteiger partial charge on any atom is 0.312 e. The normalized spacial score (nSPS) is 11.9. The standard InChI is InChI=1S/C20H22N4O3S/c1-12-18(13(2)24(4)23-12)22-19(26)14(3)27-17(25)10-16-11-28-20(21-16)15-8-6-5-7-9-15/h5-9,11,14H,10H2,1-4H3,(H,22,26). The summed E-state index contributed by atoms with van der Waals surface area (Å²) in [7, 11) is 1.80. The van der Waals surface area contributed by atoms with E-state index >= 15 is 0 Å². The number of carbonyl (C=O) groups is 2. The minimum atomic E-state index is -0.918. The second-order valence-corrected chi connectivity index (χ2v) is 7.34. The van der Waals surface area contributed by atoms with Crippen LogP contribution in [0.15, 0.2) is 35.7 Å². The molecule has 0 aliphatic carbocycles. The van der Waals surface area contributed by atoms with E-state index in [1.807, 2.05) is 49.6 Å². The Hall–Kier alpha value is -3.00. The van der Waals surface area contributed by atoms with E-state index in [1.54, 1.807) is 18.7 Å². The highest BCUT2D eigenvalue weighted by Crippen LogP contribution is 2.23. The van der Waals surface area contributed by atoms with Gasteiger partial charge >= 0.3 is 5.97 Å². The van der Waals surface area contributed by atoms with Crippen LogP contribution in [0, 0.1) is 13.8 Å². The van der Waals surface area contributed by atoms with Gasteiger partial charge in [-0.3, -0.25) is 14.3 Å². The van der Waals surface area contributed by atoms with Gasteiger partial charge in [0, 0.05) is 18.0 Å². The second kappa shape index (κ2) is 8.35. The summed E-state index contributed by atoms with van der Waals surface area (Å²) >= 11 is 1.47. The van der Waals surface area contributed by atoms with E-state index in [9.17, 15) is 9.59 Å². The maximum atomic E-state index is 12.4. The number of benzene rings is 1. The second-order valence-electron chi connectivity index (χ2n) is 6.48. The number of carbonyl (C=O) groups excluding carboxylic acids is 2. The number of hydrogen-bond donors (Lipinski definition) is 1. The fourth-order valence-electron chi connectivity index (χ4n) is 2.72. The molecule has 1 atom stereocenters. The molecule has 146 valence electrons. The number of ether oxygens (including phenoxy) is 1. The summed E-state index contributed by atoms with van der Waals surface area (Å²) < 4.78 is 6.96. The lowest BCUT2D eigenvalue weighted by Gasteiger charge is -2.13. The Morgan fingerprint density at radius 1 is 1.25 bits per heavy atom. The highest BCUT2D eigenvalue weighted by molar-refractivity contribution is 7.13. The molecule has 8 heteroatoms. The van der Waals surface area contributed by atoms with Crippen molar-refractivity contribution in [3.63, 3.8) is 0 Å². The molecule has 2 aromatic heterocycles. The number of aryl methyl sites for hydroxylation is 2. The predicted molar refractivity (Wildman–Crippen MR) is 108 cm³/mol. The van der Waals surface area contributed by atoms with Gasteiger partial charge in [-0.2, -0.15) is 5.10 Å². The lowest BCUT2D eigenvalue weighted by atomic mass is 10.2. The van der Waals surface area contributed by atoms with Crippen molar-refractivity contribution in [2.24, 2.45) is 7.05 Å². The summed E-state index contributed by atoms with van der Waals surface area (Å²) in [6, 6.07) is 9.76. The number of anilines is 1. The van der Waals surface area contributed by atoms with Gasteiger partial charge in [-0.15, -0.1) is 11.3 Å². The van der Waals surface area contributed by atoms with Crippen molar-refractivity contribution in [2.45, 2.75) is 33.3 Å². The van der Waals surface area contributed by atoms with Gasteiger partial charge in [-0.05, 0) is 20.8 Å². The van der Waals surface area contributed by atoms with Crippen LogP contribution in [0.4, 0.5) is 5.69 Å². The zero-order chi connectivity index (χ0) is 20.3. The summed E-state index contributed by atoms with van der Waals surface area (Å²) in [5.41, 5.74) is 3.81. The molecule has 0 saturated heterocycles. The largest absolute Gasteiger partial charge is 0.452 e. The van der Waals surface area contributed by atoms with E-state index in [0.29, 0.717) is 17.1 Å². The molecule has 7 nitrogen and oxygen atoms in total. The van der Waals surface area contributed by atoms with Crippen molar-refractivity contribution in [3.8, 4) is 10.6 Å². The number of nitrogens with zero attached hydrogens (tertiary/aromatic N) is 3. The Balaban J connectivity index is 1.57. The lowest BCUT2D eigenvalue weighted by Crippen LogP contribution is -2.30. The summed E-state index contributed by atoms with van der Waals surface area (Å²) in [4.78, 5) is 29.0. The van der Waals surface area contributed by atoms with Gasteiger partial charge in [0.15, 0.2) is 6.10 Å². The van der Waals surface area contributed by atoms with Crippen LogP contribution in [0.25, 0.3) is 10.6 Å². The van der Waals surface area contributed by atoms with Crippen LogP contribution >= 0.6 is 11.3 Å². The van der Waals surface area contributed by atoms with Crippen LogP contribution in [-0.4, -0.2) is 32.7 Å². The van der Waals surface area contributed by atoms with Crippen molar-refractivity contribution in [2.75, 3.05) is 5.32 Å². The molecule has 1 amide bonds. The molecular weight excluding hydrogens is 376 g/mol. The first kappa shape index (κ1) is 19.8.